The lowest BCUT2D eigenvalue weighted by atomic mass is 10.0. The highest BCUT2D eigenvalue weighted by molar-refractivity contribution is 7.78. The molecule has 1 amide bonds. The monoisotopic (exact) mass is 633 g/mol. The highest BCUT2D eigenvalue weighted by Crippen LogP contribution is 2.43. The van der Waals surface area contributed by atoms with Crippen molar-refractivity contribution in [3.05, 3.63) is 70.4 Å². The summed E-state index contributed by atoms with van der Waals surface area (Å²) >= 11 is -1.44. The van der Waals surface area contributed by atoms with Crippen molar-refractivity contribution >= 4 is 50.0 Å². The van der Waals surface area contributed by atoms with Crippen LogP contribution < -0.4 is 21.7 Å². The number of halogens is 3. The second-order valence-corrected chi connectivity index (χ2v) is 12.1. The fraction of sp³-hybridized carbons (Fsp3) is 0.321. The number of nitrogens with one attached hydrogen (secondary N) is 1. The number of carbonyl (C=O) groups is 1. The molecule has 1 fully saturated rings. The number of fused-ring (bicyclic) bond motifs is 1. The molecule has 0 spiro atoms. The molecule has 1 aromatic carbocycles. The number of anilines is 2. The van der Waals surface area contributed by atoms with Crippen LogP contribution in [0.5, 0.6) is 0 Å². The fourth-order valence-electron chi connectivity index (χ4n) is 5.12. The number of hydrogen-bond acceptors (Lipinski definition) is 10. The Labute approximate surface area is 251 Å². The Balaban J connectivity index is 1.20. The number of thiophene rings is 1. The minimum absolute atomic E-state index is 0.00427. The molecule has 1 aliphatic heterocycles. The molecule has 0 saturated carbocycles. The molecule has 6 N–H and O–H groups in total. The van der Waals surface area contributed by atoms with E-state index in [2.05, 4.69) is 15.3 Å². The van der Waals surface area contributed by atoms with E-state index in [1.807, 2.05) is 12.1 Å². The predicted molar refractivity (Wildman–Crippen MR) is 158 cm³/mol. The van der Waals surface area contributed by atoms with Gasteiger partial charge in [0.25, 0.3) is 5.91 Å². The highest BCUT2D eigenvalue weighted by Gasteiger charge is 2.37. The van der Waals surface area contributed by atoms with Crippen molar-refractivity contribution < 1.29 is 31.8 Å². The summed E-state index contributed by atoms with van der Waals surface area (Å²) in [4.78, 5) is 22.0. The van der Waals surface area contributed by atoms with Crippen LogP contribution in [0.2, 0.25) is 0 Å². The number of nitrogen functional groups attached to an aromatic ring is 1. The number of aromatic nitrogens is 2. The molecule has 4 aromatic rings. The van der Waals surface area contributed by atoms with Gasteiger partial charge in [-0.05, 0) is 36.1 Å². The summed E-state index contributed by atoms with van der Waals surface area (Å²) in [6.07, 6.45) is -2.76. The van der Waals surface area contributed by atoms with Crippen molar-refractivity contribution in [2.45, 2.75) is 36.9 Å². The zero-order valence-electron chi connectivity index (χ0n) is 22.6. The predicted octanol–water partition coefficient (Wildman–Crippen LogP) is 3.73. The number of alkyl halides is 3. The summed E-state index contributed by atoms with van der Waals surface area (Å²) in [6.45, 7) is 1.09. The number of aliphatic hydroxyl groups is 1. The molecule has 228 valence electrons. The molecule has 10 nitrogen and oxygen atoms in total. The first-order valence-electron chi connectivity index (χ1n) is 13.3. The van der Waals surface area contributed by atoms with E-state index in [1.54, 1.807) is 35.4 Å². The maximum absolute atomic E-state index is 13.9. The number of aliphatic hydroxyl groups excluding tert-OH is 1. The average molecular weight is 634 g/mol. The summed E-state index contributed by atoms with van der Waals surface area (Å²) in [7, 11) is 0. The Hall–Kier alpha value is -3.63. The van der Waals surface area contributed by atoms with Crippen molar-refractivity contribution in [2.24, 2.45) is 5.73 Å². The first-order valence-corrected chi connectivity index (χ1v) is 15.3. The standard InChI is InChI=1S/C28H29F3N6O4S2/c29-28(30,31)19-11-22(36-27-23(19)24(32)25(42-27)26(33)39)37-8-6-18(7-9-37)34-13-21(38)20-5-4-17(12-35-20)16-3-1-2-15(10-16)14-43(40)41/h1-5,10-12,18,21,34,38H,6-9,13-14,32H2,(H2,33,39)(H,40,41)/p-1. The van der Waals surface area contributed by atoms with Crippen LogP contribution in [0.3, 0.4) is 0 Å². The van der Waals surface area contributed by atoms with Crippen LogP contribution in [0, 0.1) is 0 Å². The minimum Gasteiger partial charge on any atom is -0.772 e. The van der Waals surface area contributed by atoms with Crippen LogP contribution in [0.25, 0.3) is 21.3 Å². The summed E-state index contributed by atoms with van der Waals surface area (Å²) < 4.78 is 63.8. The van der Waals surface area contributed by atoms with E-state index in [4.69, 9.17) is 11.5 Å². The average Bonchev–Trinajstić information content (AvgIpc) is 3.31. The van der Waals surface area contributed by atoms with Crippen molar-refractivity contribution in [1.29, 1.82) is 0 Å². The molecule has 0 radical (unpaired) electrons. The SMILES string of the molecule is NC(=O)c1sc2nc(N3CCC(NCC(O)c4ccc(-c5cccc(CS(=O)[O-])c5)cn4)CC3)cc(C(F)(F)F)c2c1N. The van der Waals surface area contributed by atoms with Crippen LogP contribution in [0.1, 0.15) is 45.4 Å². The summed E-state index contributed by atoms with van der Waals surface area (Å²) in [5.74, 6) is -0.839. The van der Waals surface area contributed by atoms with Crippen LogP contribution in [0.15, 0.2) is 48.7 Å². The van der Waals surface area contributed by atoms with Gasteiger partial charge in [0, 0.05) is 48.6 Å². The van der Waals surface area contributed by atoms with E-state index in [1.165, 1.54) is 0 Å². The normalized spacial score (nSPS) is 16.0. The molecular weight excluding hydrogens is 605 g/mol. The third kappa shape index (κ3) is 6.96. The quantitative estimate of drug-likeness (QED) is 0.201. The van der Waals surface area contributed by atoms with E-state index >= 15 is 0 Å². The Morgan fingerprint density at radius 3 is 2.58 bits per heavy atom. The van der Waals surface area contributed by atoms with Crippen LogP contribution in [0.4, 0.5) is 24.7 Å². The maximum atomic E-state index is 13.9. The van der Waals surface area contributed by atoms with Gasteiger partial charge in [0.2, 0.25) is 0 Å². The van der Waals surface area contributed by atoms with E-state index in [9.17, 15) is 31.8 Å². The number of nitrogens with two attached hydrogens (primary N) is 2. The Kier molecular flexibility index (Phi) is 8.99. The molecule has 2 atom stereocenters. The molecule has 1 aliphatic rings. The number of hydrogen-bond donors (Lipinski definition) is 4. The molecule has 1 saturated heterocycles. The lowest BCUT2D eigenvalue weighted by Crippen LogP contribution is -2.44. The number of benzene rings is 1. The van der Waals surface area contributed by atoms with E-state index in [-0.39, 0.29) is 44.9 Å². The second-order valence-electron chi connectivity index (χ2n) is 10.2. The van der Waals surface area contributed by atoms with Gasteiger partial charge in [0.05, 0.1) is 16.9 Å². The number of primary amides is 1. The van der Waals surface area contributed by atoms with Crippen molar-refractivity contribution in [2.75, 3.05) is 30.3 Å². The largest absolute Gasteiger partial charge is 0.772 e. The van der Waals surface area contributed by atoms with Gasteiger partial charge in [0.15, 0.2) is 0 Å². The maximum Gasteiger partial charge on any atom is 0.417 e. The van der Waals surface area contributed by atoms with Gasteiger partial charge >= 0.3 is 6.18 Å². The third-order valence-electron chi connectivity index (χ3n) is 7.31. The second kappa shape index (κ2) is 12.5. The smallest absolute Gasteiger partial charge is 0.417 e. The topological polar surface area (TPSA) is 171 Å². The molecular formula is C28H28F3N6O4S2-. The zero-order valence-corrected chi connectivity index (χ0v) is 24.3. The molecule has 3 aromatic heterocycles. The van der Waals surface area contributed by atoms with Gasteiger partial charge in [-0.1, -0.05) is 41.4 Å². The van der Waals surface area contributed by atoms with Gasteiger partial charge in [-0.3, -0.25) is 14.0 Å². The summed E-state index contributed by atoms with van der Waals surface area (Å²) in [5.41, 5.74) is 12.6. The minimum atomic E-state index is -4.70. The summed E-state index contributed by atoms with van der Waals surface area (Å²) in [5, 5.41) is 13.7. The first-order chi connectivity index (χ1) is 20.4. The molecule has 5 rings (SSSR count). The lowest BCUT2D eigenvalue weighted by molar-refractivity contribution is -0.136. The zero-order chi connectivity index (χ0) is 30.9. The number of piperidine rings is 1. The molecule has 0 aliphatic carbocycles. The van der Waals surface area contributed by atoms with E-state index in [0.29, 0.717) is 37.2 Å². The van der Waals surface area contributed by atoms with E-state index < -0.39 is 34.8 Å². The van der Waals surface area contributed by atoms with Crippen molar-refractivity contribution in [1.82, 2.24) is 15.3 Å². The van der Waals surface area contributed by atoms with Gasteiger partial charge in [-0.2, -0.15) is 13.2 Å². The Morgan fingerprint density at radius 2 is 1.95 bits per heavy atom. The highest BCUT2D eigenvalue weighted by atomic mass is 32.2. The number of nitrogens with zero attached hydrogens (tertiary/aromatic N) is 3. The summed E-state index contributed by atoms with van der Waals surface area (Å²) in [6, 6.07) is 11.6. The number of pyridine rings is 2. The number of carbonyl (C=O) groups excluding carboxylic acids is 1. The Bertz CT molecular complexity index is 1660. The number of rotatable bonds is 9. The molecule has 2 unspecified atom stereocenters. The van der Waals surface area contributed by atoms with E-state index in [0.717, 1.165) is 28.5 Å². The third-order valence-corrected chi connectivity index (χ3v) is 8.99. The van der Waals surface area contributed by atoms with Crippen LogP contribution >= 0.6 is 11.3 Å². The first kappa shape index (κ1) is 30.8. The van der Waals surface area contributed by atoms with Gasteiger partial charge in [0.1, 0.15) is 21.6 Å². The Morgan fingerprint density at radius 1 is 1.21 bits per heavy atom. The van der Waals surface area contributed by atoms with Gasteiger partial charge in [-0.25, -0.2) is 4.98 Å². The van der Waals surface area contributed by atoms with Gasteiger partial charge < -0.3 is 31.3 Å². The van der Waals surface area contributed by atoms with Gasteiger partial charge in [-0.15, -0.1) is 11.3 Å². The van der Waals surface area contributed by atoms with Crippen LogP contribution in [-0.2, 0) is 23.0 Å². The molecule has 15 heteroatoms. The van der Waals surface area contributed by atoms with Crippen molar-refractivity contribution in [3.63, 3.8) is 0 Å². The molecule has 0 bridgehead atoms. The fourth-order valence-corrected chi connectivity index (χ4v) is 6.54. The van der Waals surface area contributed by atoms with Crippen LogP contribution in [-0.4, -0.2) is 55.4 Å². The molecule has 43 heavy (non-hydrogen) atoms. The lowest BCUT2D eigenvalue weighted by Gasteiger charge is -2.34. The number of amides is 1. The molecule has 4 heterocycles. The van der Waals surface area contributed by atoms with Crippen molar-refractivity contribution in [3.8, 4) is 11.1 Å².